The average molecular weight is 279 g/mol. The van der Waals surface area contributed by atoms with E-state index in [0.717, 1.165) is 29.7 Å². The number of hydrogen-bond donors (Lipinski definition) is 3. The van der Waals surface area contributed by atoms with E-state index < -0.39 is 0 Å². The molecule has 0 saturated heterocycles. The van der Waals surface area contributed by atoms with Crippen LogP contribution in [-0.4, -0.2) is 11.9 Å². The Kier molecular flexibility index (Phi) is 3.51. The largest absolute Gasteiger partial charge is 0.368 e. The van der Waals surface area contributed by atoms with E-state index in [0.29, 0.717) is 11.0 Å². The van der Waals surface area contributed by atoms with Crippen molar-refractivity contribution in [1.29, 1.82) is 0 Å². The van der Waals surface area contributed by atoms with Crippen molar-refractivity contribution >= 4 is 17.3 Å². The Morgan fingerprint density at radius 3 is 2.79 bits per heavy atom. The molecule has 0 aromatic rings. The van der Waals surface area contributed by atoms with Crippen molar-refractivity contribution in [3.8, 4) is 0 Å². The van der Waals surface area contributed by atoms with Crippen LogP contribution in [0.2, 0.25) is 0 Å². The van der Waals surface area contributed by atoms with Gasteiger partial charge in [-0.15, -0.1) is 0 Å². The van der Waals surface area contributed by atoms with Crippen LogP contribution in [0.1, 0.15) is 32.1 Å². The Hall–Kier alpha value is -1.42. The van der Waals surface area contributed by atoms with E-state index in [-0.39, 0.29) is 6.17 Å². The van der Waals surface area contributed by atoms with E-state index in [1.807, 2.05) is 12.4 Å². The summed E-state index contributed by atoms with van der Waals surface area (Å²) in [7, 11) is 0. The molecule has 3 aliphatic rings. The monoisotopic (exact) mass is 278 g/mol. The van der Waals surface area contributed by atoms with Crippen LogP contribution in [0, 0.1) is 5.92 Å². The van der Waals surface area contributed by atoms with E-state index in [1.54, 1.807) is 0 Å². The second kappa shape index (κ2) is 5.29. The van der Waals surface area contributed by atoms with Gasteiger partial charge in [-0.25, -0.2) is 0 Å². The molecule has 5 heteroatoms. The van der Waals surface area contributed by atoms with Gasteiger partial charge < -0.3 is 16.5 Å². The molecule has 1 aliphatic carbocycles. The van der Waals surface area contributed by atoms with Crippen LogP contribution in [0.25, 0.3) is 0 Å². The van der Waals surface area contributed by atoms with Crippen molar-refractivity contribution in [2.24, 2.45) is 16.9 Å². The molecule has 0 aromatic heterocycles. The number of allylic oxidation sites excluding steroid dienone is 2. The molecular formula is C14H19ClN4. The molecule has 0 amide bonds. The maximum absolute atomic E-state index is 6.38. The fourth-order valence-electron chi connectivity index (χ4n) is 3.17. The summed E-state index contributed by atoms with van der Waals surface area (Å²) in [5.41, 5.74) is 3.12. The second-order valence-electron chi connectivity index (χ2n) is 5.27. The third-order valence-electron chi connectivity index (χ3n) is 4.13. The Morgan fingerprint density at radius 1 is 1.26 bits per heavy atom. The van der Waals surface area contributed by atoms with Crippen molar-refractivity contribution < 1.29 is 0 Å². The Labute approximate surface area is 118 Å². The number of hydrazone groups is 1. The summed E-state index contributed by atoms with van der Waals surface area (Å²) in [6.07, 6.45) is 12.1. The molecule has 3 rings (SSSR count). The first-order valence-electron chi connectivity index (χ1n) is 6.88. The molecular weight excluding hydrogens is 260 g/mol. The highest BCUT2D eigenvalue weighted by Gasteiger charge is 2.31. The maximum Gasteiger partial charge on any atom is 0.123 e. The fourth-order valence-corrected chi connectivity index (χ4v) is 3.44. The number of nitrogens with two attached hydrogens (primary N) is 1. The smallest absolute Gasteiger partial charge is 0.123 e. The number of hydrogen-bond acceptors (Lipinski definition) is 4. The summed E-state index contributed by atoms with van der Waals surface area (Å²) in [4.78, 5) is 0. The lowest BCUT2D eigenvalue weighted by molar-refractivity contribution is 0.438. The van der Waals surface area contributed by atoms with E-state index in [1.165, 1.54) is 19.3 Å². The molecule has 1 saturated carbocycles. The number of nitrogens with one attached hydrogen (secondary N) is 2. The van der Waals surface area contributed by atoms with Crippen LogP contribution in [0.5, 0.6) is 0 Å². The average Bonchev–Trinajstić information content (AvgIpc) is 2.91. The van der Waals surface area contributed by atoms with Crippen LogP contribution < -0.4 is 16.5 Å². The van der Waals surface area contributed by atoms with Crippen molar-refractivity contribution in [1.82, 2.24) is 10.6 Å². The van der Waals surface area contributed by atoms with Gasteiger partial charge in [-0.2, -0.15) is 5.10 Å². The van der Waals surface area contributed by atoms with E-state index in [2.05, 4.69) is 21.8 Å². The van der Waals surface area contributed by atoms with Crippen LogP contribution in [0.3, 0.4) is 0 Å². The van der Waals surface area contributed by atoms with Gasteiger partial charge in [0.2, 0.25) is 0 Å². The van der Waals surface area contributed by atoms with Crippen molar-refractivity contribution in [2.75, 3.05) is 0 Å². The van der Waals surface area contributed by atoms with Crippen LogP contribution in [0.15, 0.2) is 39.8 Å². The van der Waals surface area contributed by atoms with Crippen LogP contribution in [0.4, 0.5) is 0 Å². The molecule has 19 heavy (non-hydrogen) atoms. The molecule has 102 valence electrons. The highest BCUT2D eigenvalue weighted by Crippen LogP contribution is 2.34. The normalized spacial score (nSPS) is 27.7. The Bertz CT molecular complexity index is 484. The zero-order valence-corrected chi connectivity index (χ0v) is 11.6. The number of nitrogens with zero attached hydrogens (tertiary/aromatic N) is 1. The van der Waals surface area contributed by atoms with Crippen LogP contribution >= 0.6 is 11.6 Å². The molecule has 1 atom stereocenters. The number of halogens is 1. The first-order chi connectivity index (χ1) is 9.31. The van der Waals surface area contributed by atoms with Gasteiger partial charge in [0.25, 0.3) is 0 Å². The predicted octanol–water partition coefficient (Wildman–Crippen LogP) is 2.30. The van der Waals surface area contributed by atoms with E-state index in [9.17, 15) is 0 Å². The highest BCUT2D eigenvalue weighted by atomic mass is 35.5. The minimum Gasteiger partial charge on any atom is -0.368 e. The zero-order valence-electron chi connectivity index (χ0n) is 10.8. The van der Waals surface area contributed by atoms with Crippen molar-refractivity contribution in [2.45, 2.75) is 38.3 Å². The third kappa shape index (κ3) is 2.25. The number of fused-ring (bicyclic) bond motifs is 1. The van der Waals surface area contributed by atoms with Gasteiger partial charge in [0.15, 0.2) is 0 Å². The minimum absolute atomic E-state index is 0.0952. The Balaban J connectivity index is 1.97. The summed E-state index contributed by atoms with van der Waals surface area (Å²) < 4.78 is 0. The quantitative estimate of drug-likeness (QED) is 0.413. The minimum atomic E-state index is 0.0952. The predicted molar refractivity (Wildman–Crippen MR) is 78.4 cm³/mol. The number of dihydropyridines is 1. The summed E-state index contributed by atoms with van der Waals surface area (Å²) in [5, 5.41) is 11.3. The lowest BCUT2D eigenvalue weighted by Crippen LogP contribution is -2.39. The molecule has 0 radical (unpaired) electrons. The lowest BCUT2D eigenvalue weighted by atomic mass is 9.81. The zero-order chi connectivity index (χ0) is 13.2. The molecule has 2 heterocycles. The number of rotatable bonds is 2. The SMILES string of the molecule is N/N=C(/C1=C2C=CNC2NC=C1Cl)C1CCCCC1. The molecule has 0 aromatic carbocycles. The van der Waals surface area contributed by atoms with Gasteiger partial charge >= 0.3 is 0 Å². The van der Waals surface area contributed by atoms with E-state index in [4.69, 9.17) is 17.4 Å². The van der Waals surface area contributed by atoms with Gasteiger partial charge in [-0.3, -0.25) is 0 Å². The molecule has 2 aliphatic heterocycles. The summed E-state index contributed by atoms with van der Waals surface area (Å²) >= 11 is 6.38. The highest BCUT2D eigenvalue weighted by molar-refractivity contribution is 6.36. The standard InChI is InChI=1S/C14H19ClN4/c15-11-8-18-14-10(6-7-17-14)12(11)13(19-16)9-4-2-1-3-5-9/h6-9,14,17-18H,1-5,16H2/b19-13+. The Morgan fingerprint density at radius 2 is 2.05 bits per heavy atom. The first kappa shape index (κ1) is 12.6. The van der Waals surface area contributed by atoms with E-state index >= 15 is 0 Å². The second-order valence-corrected chi connectivity index (χ2v) is 5.68. The summed E-state index contributed by atoms with van der Waals surface area (Å²) in [6, 6.07) is 0. The summed E-state index contributed by atoms with van der Waals surface area (Å²) in [5.74, 6) is 6.12. The van der Waals surface area contributed by atoms with Crippen molar-refractivity contribution in [3.63, 3.8) is 0 Å². The van der Waals surface area contributed by atoms with Gasteiger partial charge in [0.1, 0.15) is 6.17 Å². The third-order valence-corrected chi connectivity index (χ3v) is 4.43. The molecule has 0 spiro atoms. The lowest BCUT2D eigenvalue weighted by Gasteiger charge is -2.29. The van der Waals surface area contributed by atoms with Gasteiger partial charge in [-0.05, 0) is 25.1 Å². The first-order valence-corrected chi connectivity index (χ1v) is 7.26. The topological polar surface area (TPSA) is 62.4 Å². The molecule has 1 fully saturated rings. The van der Waals surface area contributed by atoms with Crippen molar-refractivity contribution in [3.05, 3.63) is 34.7 Å². The molecule has 4 N–H and O–H groups in total. The fraction of sp³-hybridized carbons (Fsp3) is 0.500. The van der Waals surface area contributed by atoms with Gasteiger partial charge in [0.05, 0.1) is 10.7 Å². The van der Waals surface area contributed by atoms with Crippen LogP contribution in [-0.2, 0) is 0 Å². The van der Waals surface area contributed by atoms with Gasteiger partial charge in [-0.1, -0.05) is 30.9 Å². The summed E-state index contributed by atoms with van der Waals surface area (Å²) in [6.45, 7) is 0. The maximum atomic E-state index is 6.38. The molecule has 1 unspecified atom stereocenters. The molecule has 4 nitrogen and oxygen atoms in total. The molecule has 0 bridgehead atoms. The van der Waals surface area contributed by atoms with Gasteiger partial charge in [0, 0.05) is 23.3 Å².